The lowest BCUT2D eigenvalue weighted by Gasteiger charge is -2.23. The molecule has 1 aliphatic heterocycles. The van der Waals surface area contributed by atoms with E-state index in [1.165, 1.54) is 20.3 Å². The first-order valence-electron chi connectivity index (χ1n) is 8.46. The molecule has 1 saturated heterocycles. The standard InChI is InChI=1S/C20H19ClN2O5/c1-20(13-6-4-5-7-14(13)21)18(25)23(19(26)22-20)11-15(24)12-8-9-16(27-2)17(10-12)28-3/h4-10H,11H2,1-3H3,(H,22,26). The Hall–Kier alpha value is -3.06. The van der Waals surface area contributed by atoms with Crippen LogP contribution in [0.15, 0.2) is 42.5 Å². The highest BCUT2D eigenvalue weighted by Gasteiger charge is 2.50. The summed E-state index contributed by atoms with van der Waals surface area (Å²) in [6.07, 6.45) is 0. The van der Waals surface area contributed by atoms with E-state index in [-0.39, 0.29) is 0 Å². The first-order chi connectivity index (χ1) is 13.3. The summed E-state index contributed by atoms with van der Waals surface area (Å²) in [5, 5.41) is 2.99. The van der Waals surface area contributed by atoms with Crippen molar-refractivity contribution in [1.29, 1.82) is 0 Å². The Morgan fingerprint density at radius 2 is 1.79 bits per heavy atom. The van der Waals surface area contributed by atoms with Gasteiger partial charge in [0, 0.05) is 16.1 Å². The average molecular weight is 403 g/mol. The van der Waals surface area contributed by atoms with Crippen molar-refractivity contribution in [2.45, 2.75) is 12.5 Å². The molecule has 8 heteroatoms. The van der Waals surface area contributed by atoms with E-state index in [9.17, 15) is 14.4 Å². The van der Waals surface area contributed by atoms with Gasteiger partial charge in [0.15, 0.2) is 17.3 Å². The third-order valence-electron chi connectivity index (χ3n) is 4.69. The zero-order valence-electron chi connectivity index (χ0n) is 15.6. The van der Waals surface area contributed by atoms with Crippen molar-refractivity contribution >= 4 is 29.3 Å². The fraction of sp³-hybridized carbons (Fsp3) is 0.250. The number of urea groups is 1. The van der Waals surface area contributed by atoms with E-state index in [1.54, 1.807) is 43.3 Å². The zero-order chi connectivity index (χ0) is 20.5. The number of halogens is 1. The maximum absolute atomic E-state index is 13.0. The molecule has 1 atom stereocenters. The van der Waals surface area contributed by atoms with Gasteiger partial charge in [-0.1, -0.05) is 29.8 Å². The van der Waals surface area contributed by atoms with Gasteiger partial charge in [-0.25, -0.2) is 4.79 Å². The molecule has 7 nitrogen and oxygen atoms in total. The number of ketones is 1. The highest BCUT2D eigenvalue weighted by atomic mass is 35.5. The monoisotopic (exact) mass is 402 g/mol. The third kappa shape index (κ3) is 3.29. The minimum Gasteiger partial charge on any atom is -0.493 e. The van der Waals surface area contributed by atoms with Gasteiger partial charge < -0.3 is 14.8 Å². The van der Waals surface area contributed by atoms with Crippen LogP contribution in [0.2, 0.25) is 5.02 Å². The first kappa shape index (κ1) is 19.7. The van der Waals surface area contributed by atoms with Crippen LogP contribution < -0.4 is 14.8 Å². The molecule has 2 aromatic carbocycles. The van der Waals surface area contributed by atoms with E-state index in [4.69, 9.17) is 21.1 Å². The fourth-order valence-electron chi connectivity index (χ4n) is 3.13. The number of ether oxygens (including phenoxy) is 2. The smallest absolute Gasteiger partial charge is 0.325 e. The Morgan fingerprint density at radius 1 is 1.11 bits per heavy atom. The van der Waals surface area contributed by atoms with Crippen molar-refractivity contribution in [3.05, 3.63) is 58.6 Å². The maximum Gasteiger partial charge on any atom is 0.325 e. The first-order valence-corrected chi connectivity index (χ1v) is 8.84. The van der Waals surface area contributed by atoms with Gasteiger partial charge in [-0.15, -0.1) is 0 Å². The van der Waals surface area contributed by atoms with Crippen LogP contribution in [0.5, 0.6) is 11.5 Å². The predicted octanol–water partition coefficient (Wildman–Crippen LogP) is 3.01. The topological polar surface area (TPSA) is 84.9 Å². The summed E-state index contributed by atoms with van der Waals surface area (Å²) in [5.41, 5.74) is -0.575. The summed E-state index contributed by atoms with van der Waals surface area (Å²) in [6, 6.07) is 10.8. The quantitative estimate of drug-likeness (QED) is 0.593. The van der Waals surface area contributed by atoms with Crippen molar-refractivity contribution in [1.82, 2.24) is 10.2 Å². The number of rotatable bonds is 6. The van der Waals surface area contributed by atoms with Crippen LogP contribution >= 0.6 is 11.6 Å². The summed E-state index contributed by atoms with van der Waals surface area (Å²) < 4.78 is 10.3. The van der Waals surface area contributed by atoms with E-state index in [1.807, 2.05) is 0 Å². The van der Waals surface area contributed by atoms with Gasteiger partial charge in [0.25, 0.3) is 5.91 Å². The molecule has 0 radical (unpaired) electrons. The largest absolute Gasteiger partial charge is 0.493 e. The third-order valence-corrected chi connectivity index (χ3v) is 5.02. The molecule has 1 heterocycles. The van der Waals surface area contributed by atoms with Crippen molar-refractivity contribution in [2.75, 3.05) is 20.8 Å². The highest BCUT2D eigenvalue weighted by Crippen LogP contribution is 2.34. The number of hydrogen-bond acceptors (Lipinski definition) is 5. The molecule has 1 unspecified atom stereocenters. The van der Waals surface area contributed by atoms with E-state index in [0.29, 0.717) is 27.6 Å². The summed E-state index contributed by atoms with van der Waals surface area (Å²) in [5.74, 6) is -0.0981. The van der Waals surface area contributed by atoms with Crippen molar-refractivity contribution < 1.29 is 23.9 Å². The molecule has 0 saturated carbocycles. The molecular formula is C20H19ClN2O5. The number of benzene rings is 2. The molecule has 3 rings (SSSR count). The zero-order valence-corrected chi connectivity index (χ0v) is 16.4. The van der Waals surface area contributed by atoms with Crippen molar-refractivity contribution in [2.24, 2.45) is 0 Å². The highest BCUT2D eigenvalue weighted by molar-refractivity contribution is 6.32. The number of nitrogens with one attached hydrogen (secondary N) is 1. The Labute approximate surface area is 167 Å². The van der Waals surface area contributed by atoms with E-state index in [2.05, 4.69) is 5.32 Å². The molecule has 1 fully saturated rings. The Kier molecular flexibility index (Phi) is 5.29. The maximum atomic E-state index is 13.0. The lowest BCUT2D eigenvalue weighted by molar-refractivity contribution is -0.130. The minimum absolute atomic E-state index is 0.296. The van der Waals surface area contributed by atoms with Crippen LogP contribution in [0.25, 0.3) is 0 Å². The summed E-state index contributed by atoms with van der Waals surface area (Å²) in [6.45, 7) is 1.16. The summed E-state index contributed by atoms with van der Waals surface area (Å²) >= 11 is 6.20. The van der Waals surface area contributed by atoms with Crippen LogP contribution in [0.4, 0.5) is 4.79 Å². The Morgan fingerprint density at radius 3 is 2.43 bits per heavy atom. The van der Waals surface area contributed by atoms with Gasteiger partial charge in [-0.3, -0.25) is 14.5 Å². The molecule has 1 N–H and O–H groups in total. The molecule has 0 spiro atoms. The number of carbonyl (C=O) groups excluding carboxylic acids is 3. The molecule has 2 aromatic rings. The van der Waals surface area contributed by atoms with Gasteiger partial charge in [0.1, 0.15) is 5.54 Å². The van der Waals surface area contributed by atoms with Gasteiger partial charge in [0.2, 0.25) is 0 Å². The molecular weight excluding hydrogens is 384 g/mol. The van der Waals surface area contributed by atoms with E-state index < -0.39 is 29.8 Å². The molecule has 1 aliphatic rings. The van der Waals surface area contributed by atoms with E-state index in [0.717, 1.165) is 4.90 Å². The van der Waals surface area contributed by atoms with Crippen LogP contribution in [-0.4, -0.2) is 43.4 Å². The normalized spacial score (nSPS) is 18.8. The molecule has 3 amide bonds. The Balaban J connectivity index is 1.85. The SMILES string of the molecule is COc1ccc(C(=O)CN2C(=O)NC(C)(c3ccccc3Cl)C2=O)cc1OC. The van der Waals surface area contributed by atoms with Gasteiger partial charge in [-0.2, -0.15) is 0 Å². The van der Waals surface area contributed by atoms with Gasteiger partial charge in [0.05, 0.1) is 20.8 Å². The number of methoxy groups -OCH3 is 2. The minimum atomic E-state index is -1.34. The molecule has 28 heavy (non-hydrogen) atoms. The fourth-order valence-corrected chi connectivity index (χ4v) is 3.46. The lowest BCUT2D eigenvalue weighted by Crippen LogP contribution is -2.41. The van der Waals surface area contributed by atoms with Crippen molar-refractivity contribution in [3.8, 4) is 11.5 Å². The molecule has 0 bridgehead atoms. The van der Waals surface area contributed by atoms with Crippen LogP contribution in [0, 0.1) is 0 Å². The van der Waals surface area contributed by atoms with E-state index >= 15 is 0 Å². The Bertz CT molecular complexity index is 961. The number of Topliss-reactive ketones (excluding diaryl/α,β-unsaturated/α-hetero) is 1. The van der Waals surface area contributed by atoms with Crippen LogP contribution in [0.3, 0.4) is 0 Å². The van der Waals surface area contributed by atoms with Gasteiger partial charge >= 0.3 is 6.03 Å². The number of imide groups is 1. The molecule has 0 aliphatic carbocycles. The number of carbonyl (C=O) groups is 3. The lowest BCUT2D eigenvalue weighted by atomic mass is 9.92. The van der Waals surface area contributed by atoms with Gasteiger partial charge in [-0.05, 0) is 31.2 Å². The second-order valence-corrected chi connectivity index (χ2v) is 6.83. The number of nitrogens with zero attached hydrogens (tertiary/aromatic N) is 1. The van der Waals surface area contributed by atoms with Crippen LogP contribution in [0.1, 0.15) is 22.8 Å². The van der Waals surface area contributed by atoms with Crippen LogP contribution in [-0.2, 0) is 10.3 Å². The second kappa shape index (κ2) is 7.52. The molecule has 0 aromatic heterocycles. The summed E-state index contributed by atoms with van der Waals surface area (Å²) in [4.78, 5) is 39.0. The number of hydrogen-bond donors (Lipinski definition) is 1. The van der Waals surface area contributed by atoms with Crippen molar-refractivity contribution in [3.63, 3.8) is 0 Å². The predicted molar refractivity (Wildman–Crippen MR) is 103 cm³/mol. The number of amides is 3. The summed E-state index contributed by atoms with van der Waals surface area (Å²) in [7, 11) is 2.95. The second-order valence-electron chi connectivity index (χ2n) is 6.42. The average Bonchev–Trinajstić information content (AvgIpc) is 2.91. The molecule has 146 valence electrons.